The van der Waals surface area contributed by atoms with Crippen LogP contribution in [0, 0.1) is 0 Å². The van der Waals surface area contributed by atoms with Gasteiger partial charge in [0.2, 0.25) is 5.88 Å². The number of carbonyl (C=O) groups excluding carboxylic acids is 1. The molecule has 1 N–H and O–H groups in total. The van der Waals surface area contributed by atoms with Crippen LogP contribution in [0.2, 0.25) is 0 Å². The van der Waals surface area contributed by atoms with Crippen molar-refractivity contribution in [2.24, 2.45) is 0 Å². The SMILES string of the molecule is O=C1N(CCO)/C(=C\C=C2/Oc3ccccc3N2CCCS(=O)(=O)[O-])C(=S)N1c1ccccc1.[Na+]. The van der Waals surface area contributed by atoms with Crippen LogP contribution < -0.4 is 44.1 Å². The van der Waals surface area contributed by atoms with Gasteiger partial charge in [0.15, 0.2) is 5.75 Å². The Morgan fingerprint density at radius 1 is 1.00 bits per heavy atom. The van der Waals surface area contributed by atoms with Gasteiger partial charge >= 0.3 is 35.6 Å². The van der Waals surface area contributed by atoms with Gasteiger partial charge in [-0.2, -0.15) is 0 Å². The molecule has 0 atom stereocenters. The first-order chi connectivity index (χ1) is 16.3. The molecular weight excluding hydrogens is 501 g/mol. The summed E-state index contributed by atoms with van der Waals surface area (Å²) >= 11 is 5.59. The number of rotatable bonds is 8. The Morgan fingerprint density at radius 2 is 1.69 bits per heavy atom. The molecule has 2 aliphatic heterocycles. The van der Waals surface area contributed by atoms with Crippen LogP contribution in [-0.4, -0.2) is 59.4 Å². The number of nitrogens with zero attached hydrogens (tertiary/aromatic N) is 3. The molecule has 2 aromatic rings. The molecule has 0 spiro atoms. The second-order valence-corrected chi connectivity index (χ2v) is 9.44. The van der Waals surface area contributed by atoms with Gasteiger partial charge in [0.1, 0.15) is 4.99 Å². The van der Waals surface area contributed by atoms with Crippen LogP contribution in [-0.2, 0) is 10.1 Å². The molecule has 9 nitrogen and oxygen atoms in total. The van der Waals surface area contributed by atoms with E-state index in [-0.39, 0.29) is 66.7 Å². The largest absolute Gasteiger partial charge is 1.00 e. The Balaban J connectivity index is 0.00000342. The molecule has 35 heavy (non-hydrogen) atoms. The van der Waals surface area contributed by atoms with Crippen molar-refractivity contribution in [3.63, 3.8) is 0 Å². The summed E-state index contributed by atoms with van der Waals surface area (Å²) in [7, 11) is -4.33. The van der Waals surface area contributed by atoms with Gasteiger partial charge in [0, 0.05) is 18.4 Å². The number of amides is 2. The molecule has 12 heteroatoms. The zero-order valence-electron chi connectivity index (χ0n) is 19.0. The van der Waals surface area contributed by atoms with Gasteiger partial charge in [0.05, 0.1) is 40.3 Å². The molecule has 0 radical (unpaired) electrons. The smallest absolute Gasteiger partial charge is 0.748 e. The maximum atomic E-state index is 13.1. The van der Waals surface area contributed by atoms with Gasteiger partial charge in [-0.1, -0.05) is 42.5 Å². The zero-order chi connectivity index (χ0) is 24.3. The summed E-state index contributed by atoms with van der Waals surface area (Å²) in [4.78, 5) is 17.9. The molecule has 0 aliphatic carbocycles. The molecule has 4 rings (SSSR count). The maximum Gasteiger partial charge on any atom is 1.00 e. The molecule has 2 heterocycles. The van der Waals surface area contributed by atoms with Crippen LogP contribution >= 0.6 is 12.2 Å². The first kappa shape index (κ1) is 27.3. The number of carbonyl (C=O) groups is 1. The fraction of sp³-hybridized carbons (Fsp3) is 0.217. The third kappa shape index (κ3) is 6.12. The first-order valence-corrected chi connectivity index (χ1v) is 12.5. The number of aliphatic hydroxyl groups excluding tert-OH is 1. The van der Waals surface area contributed by atoms with Gasteiger partial charge in [-0.05, 0) is 36.8 Å². The number of hydrogen-bond donors (Lipinski definition) is 1. The topological polar surface area (TPSA) is 113 Å². The number of aliphatic hydroxyl groups is 1. The predicted octanol–water partition coefficient (Wildman–Crippen LogP) is -0.188. The second-order valence-electron chi connectivity index (χ2n) is 7.53. The van der Waals surface area contributed by atoms with E-state index in [1.807, 2.05) is 24.3 Å². The van der Waals surface area contributed by atoms with Crippen molar-refractivity contribution in [3.8, 4) is 5.75 Å². The average Bonchev–Trinajstić information content (AvgIpc) is 3.27. The minimum atomic E-state index is -4.33. The zero-order valence-corrected chi connectivity index (χ0v) is 22.7. The van der Waals surface area contributed by atoms with Gasteiger partial charge in [-0.25, -0.2) is 13.2 Å². The monoisotopic (exact) mass is 523 g/mol. The second kappa shape index (κ2) is 11.7. The van der Waals surface area contributed by atoms with E-state index in [0.29, 0.717) is 23.0 Å². The van der Waals surface area contributed by atoms with Crippen molar-refractivity contribution in [2.75, 3.05) is 35.2 Å². The molecule has 178 valence electrons. The van der Waals surface area contributed by atoms with Crippen molar-refractivity contribution in [1.82, 2.24) is 4.90 Å². The van der Waals surface area contributed by atoms with Crippen molar-refractivity contribution >= 4 is 44.7 Å². The maximum absolute atomic E-state index is 13.1. The number of ether oxygens (including phenoxy) is 1. The van der Waals surface area contributed by atoms with E-state index in [2.05, 4.69) is 0 Å². The predicted molar refractivity (Wildman–Crippen MR) is 130 cm³/mol. The molecule has 2 aliphatic rings. The van der Waals surface area contributed by atoms with Crippen LogP contribution in [0.1, 0.15) is 6.42 Å². The fourth-order valence-electron chi connectivity index (χ4n) is 3.78. The summed E-state index contributed by atoms with van der Waals surface area (Å²) in [5, 5.41) is 9.50. The summed E-state index contributed by atoms with van der Waals surface area (Å²) in [6.07, 6.45) is 3.39. The van der Waals surface area contributed by atoms with Crippen LogP contribution in [0.5, 0.6) is 5.75 Å². The summed E-state index contributed by atoms with van der Waals surface area (Å²) in [5.41, 5.74) is 1.77. The molecule has 0 saturated carbocycles. The van der Waals surface area contributed by atoms with E-state index in [4.69, 9.17) is 17.0 Å². The quantitative estimate of drug-likeness (QED) is 0.219. The molecule has 1 fully saturated rings. The molecule has 2 amide bonds. The van der Waals surface area contributed by atoms with E-state index < -0.39 is 15.9 Å². The van der Waals surface area contributed by atoms with Crippen molar-refractivity contribution in [2.45, 2.75) is 6.42 Å². The summed E-state index contributed by atoms with van der Waals surface area (Å²) in [5.74, 6) is 0.490. The number of para-hydroxylation sites is 3. The molecule has 0 aromatic heterocycles. The van der Waals surface area contributed by atoms with Crippen molar-refractivity contribution in [1.29, 1.82) is 0 Å². The van der Waals surface area contributed by atoms with Gasteiger partial charge in [-0.3, -0.25) is 9.80 Å². The minimum Gasteiger partial charge on any atom is -0.748 e. The first-order valence-electron chi connectivity index (χ1n) is 10.5. The number of hydrogen-bond acceptors (Lipinski definition) is 8. The fourth-order valence-corrected chi connectivity index (χ4v) is 4.62. The molecule has 0 bridgehead atoms. The number of thiocarbonyl (C=S) groups is 1. The van der Waals surface area contributed by atoms with Crippen LogP contribution in [0.15, 0.2) is 78.3 Å². The minimum absolute atomic E-state index is 0. The third-order valence-corrected chi connectivity index (χ3v) is 6.45. The van der Waals surface area contributed by atoms with Crippen molar-refractivity contribution < 1.29 is 57.2 Å². The summed E-state index contributed by atoms with van der Waals surface area (Å²) < 4.78 is 39.0. The number of allylic oxidation sites excluding steroid dienone is 2. The Bertz CT molecular complexity index is 1270. The number of urea groups is 1. The number of fused-ring (bicyclic) bond motifs is 1. The molecule has 2 aromatic carbocycles. The van der Waals surface area contributed by atoms with Crippen LogP contribution in [0.25, 0.3) is 0 Å². The average molecular weight is 524 g/mol. The Labute approximate surface area is 231 Å². The Kier molecular flexibility index (Phi) is 9.11. The van der Waals surface area contributed by atoms with Crippen LogP contribution in [0.4, 0.5) is 16.2 Å². The normalized spacial score (nSPS) is 17.7. The molecular formula is C23H22N3NaO6S2. The van der Waals surface area contributed by atoms with E-state index >= 15 is 0 Å². The van der Waals surface area contributed by atoms with Gasteiger partial charge < -0.3 is 19.3 Å². The number of anilines is 2. The molecule has 0 unspecified atom stereocenters. The Hall–Kier alpha value is -2.25. The van der Waals surface area contributed by atoms with Crippen LogP contribution in [0.3, 0.4) is 0 Å². The number of β-amino-alcohol motifs (C(OH)–C–C–N with tert-alkyl or cyclic N) is 1. The van der Waals surface area contributed by atoms with Crippen molar-refractivity contribution in [3.05, 3.63) is 78.3 Å². The van der Waals surface area contributed by atoms with E-state index in [9.17, 15) is 22.9 Å². The van der Waals surface area contributed by atoms with Gasteiger partial charge in [0.25, 0.3) is 0 Å². The third-order valence-electron chi connectivity index (χ3n) is 5.27. The standard InChI is InChI=1S/C23H23N3O6S2.Na/c27-15-14-25-19(22(33)26(23(25)28)17-7-2-1-3-8-17)11-12-21-24(13-6-16-34(29,30)31)18-9-4-5-10-20(18)32-21;/h1-5,7-12,27H,6,13-16H2,(H,29,30,31);/q;+1/p-1/b19-11-,21-12-;. The van der Waals surface area contributed by atoms with E-state index in [1.165, 1.54) is 9.80 Å². The van der Waals surface area contributed by atoms with E-state index in [0.717, 1.165) is 5.69 Å². The van der Waals surface area contributed by atoms with Gasteiger partial charge in [-0.15, -0.1) is 0 Å². The Morgan fingerprint density at radius 3 is 2.37 bits per heavy atom. The summed E-state index contributed by atoms with van der Waals surface area (Å²) in [6.45, 7) is 0.0550. The van der Waals surface area contributed by atoms with E-state index in [1.54, 1.807) is 47.4 Å². The number of benzene rings is 2. The summed E-state index contributed by atoms with van der Waals surface area (Å²) in [6, 6.07) is 15.8. The molecule has 1 saturated heterocycles.